The molecule has 3 heterocycles. The molecule has 0 spiro atoms. The Balaban J connectivity index is 1.54. The summed E-state index contributed by atoms with van der Waals surface area (Å²) in [6.45, 7) is 0. The Labute approximate surface area is 137 Å². The molecule has 4 aromatic rings. The Bertz CT molecular complexity index is 943. The third-order valence-corrected chi connectivity index (χ3v) is 4.53. The molecule has 4 rings (SSSR count). The Kier molecular flexibility index (Phi) is 3.59. The van der Waals surface area contributed by atoms with Crippen LogP contribution in [0.5, 0.6) is 0 Å². The summed E-state index contributed by atoms with van der Waals surface area (Å²) in [5, 5.41) is 3.99. The molecule has 0 saturated heterocycles. The summed E-state index contributed by atoms with van der Waals surface area (Å²) in [5.41, 5.74) is 1.91. The molecule has 0 unspecified atom stereocenters. The van der Waals surface area contributed by atoms with Crippen LogP contribution in [0.2, 0.25) is 0 Å². The van der Waals surface area contributed by atoms with Crippen molar-refractivity contribution in [1.82, 2.24) is 24.5 Å². The van der Waals surface area contributed by atoms with Crippen LogP contribution >= 0.6 is 11.3 Å². The van der Waals surface area contributed by atoms with Crippen molar-refractivity contribution in [2.75, 3.05) is 0 Å². The fourth-order valence-corrected chi connectivity index (χ4v) is 3.14. The van der Waals surface area contributed by atoms with Gasteiger partial charge in [0.2, 0.25) is 0 Å². The largest absolute Gasteiger partial charge is 0.337 e. The topological polar surface area (TPSA) is 56.5 Å². The second kappa shape index (κ2) is 5.89. The maximum Gasteiger partial charge on any atom is 0.143 e. The van der Waals surface area contributed by atoms with Crippen LogP contribution in [0.3, 0.4) is 0 Å². The highest BCUT2D eigenvalue weighted by Gasteiger charge is 2.10. The molecule has 5 nitrogen and oxygen atoms in total. The second-order valence-electron chi connectivity index (χ2n) is 5.34. The molecule has 0 amide bonds. The van der Waals surface area contributed by atoms with Gasteiger partial charge in [0.25, 0.3) is 0 Å². The van der Waals surface area contributed by atoms with Gasteiger partial charge < -0.3 is 4.57 Å². The predicted octanol–water partition coefficient (Wildman–Crippen LogP) is 3.27. The minimum atomic E-state index is 0.771. The Morgan fingerprint density at radius 1 is 1.09 bits per heavy atom. The molecule has 0 N–H and O–H groups in total. The predicted molar refractivity (Wildman–Crippen MR) is 91.3 cm³/mol. The van der Waals surface area contributed by atoms with Crippen LogP contribution in [0.4, 0.5) is 0 Å². The molecule has 23 heavy (non-hydrogen) atoms. The molecular formula is C17H15N5S. The van der Waals surface area contributed by atoms with Gasteiger partial charge in [0.15, 0.2) is 0 Å². The molecule has 0 aliphatic heterocycles. The fourth-order valence-electron chi connectivity index (χ4n) is 2.54. The van der Waals surface area contributed by atoms with Crippen molar-refractivity contribution in [3.05, 3.63) is 59.9 Å². The molecule has 6 heteroatoms. The van der Waals surface area contributed by atoms with Crippen molar-refractivity contribution in [3.8, 4) is 10.7 Å². The summed E-state index contributed by atoms with van der Waals surface area (Å²) in [7, 11) is 2.01. The van der Waals surface area contributed by atoms with Crippen LogP contribution < -0.4 is 0 Å². The molecule has 114 valence electrons. The second-order valence-corrected chi connectivity index (χ2v) is 6.23. The molecule has 0 bridgehead atoms. The number of aromatic nitrogens is 5. The van der Waals surface area contributed by atoms with E-state index in [1.54, 1.807) is 17.5 Å². The number of hydrogen-bond donors (Lipinski definition) is 0. The molecule has 3 aromatic heterocycles. The summed E-state index contributed by atoms with van der Waals surface area (Å²) in [6, 6.07) is 8.04. The smallest absolute Gasteiger partial charge is 0.143 e. The van der Waals surface area contributed by atoms with Crippen molar-refractivity contribution >= 4 is 22.2 Å². The summed E-state index contributed by atoms with van der Waals surface area (Å²) in [6.07, 6.45) is 7.29. The maximum atomic E-state index is 4.68. The average Bonchev–Trinajstić information content (AvgIpc) is 3.22. The van der Waals surface area contributed by atoms with E-state index in [1.807, 2.05) is 49.1 Å². The van der Waals surface area contributed by atoms with Gasteiger partial charge in [-0.05, 0) is 6.07 Å². The molecular weight excluding hydrogens is 306 g/mol. The zero-order valence-corrected chi connectivity index (χ0v) is 13.5. The number of benzene rings is 1. The average molecular weight is 321 g/mol. The number of thiazole rings is 1. The van der Waals surface area contributed by atoms with Crippen molar-refractivity contribution in [3.63, 3.8) is 0 Å². The minimum Gasteiger partial charge on any atom is -0.337 e. The van der Waals surface area contributed by atoms with Crippen molar-refractivity contribution in [1.29, 1.82) is 0 Å². The molecule has 0 aliphatic rings. The SMILES string of the molecule is Cn1cc(-c2nccs2)nc1CCc1ncc2ccccc2n1. The van der Waals surface area contributed by atoms with E-state index < -0.39 is 0 Å². The molecule has 0 radical (unpaired) electrons. The van der Waals surface area contributed by atoms with E-state index in [4.69, 9.17) is 0 Å². The van der Waals surface area contributed by atoms with Gasteiger partial charge in [-0.3, -0.25) is 0 Å². The number of fused-ring (bicyclic) bond motifs is 1. The number of imidazole rings is 1. The fraction of sp³-hybridized carbons (Fsp3) is 0.176. The van der Waals surface area contributed by atoms with Crippen molar-refractivity contribution in [2.24, 2.45) is 7.05 Å². The Morgan fingerprint density at radius 2 is 2.00 bits per heavy atom. The van der Waals surface area contributed by atoms with Gasteiger partial charge in [-0.15, -0.1) is 11.3 Å². The Hall–Kier alpha value is -2.60. The zero-order chi connectivity index (χ0) is 15.6. The van der Waals surface area contributed by atoms with Gasteiger partial charge in [0.05, 0.1) is 5.52 Å². The highest BCUT2D eigenvalue weighted by atomic mass is 32.1. The number of aryl methyl sites for hydroxylation is 3. The van der Waals surface area contributed by atoms with E-state index in [9.17, 15) is 0 Å². The van der Waals surface area contributed by atoms with Gasteiger partial charge in [-0.25, -0.2) is 19.9 Å². The first kappa shape index (κ1) is 14.0. The lowest BCUT2D eigenvalue weighted by Crippen LogP contribution is -2.03. The van der Waals surface area contributed by atoms with E-state index in [2.05, 4.69) is 24.5 Å². The van der Waals surface area contributed by atoms with Crippen molar-refractivity contribution in [2.45, 2.75) is 12.8 Å². The van der Waals surface area contributed by atoms with Gasteiger partial charge in [0, 0.05) is 49.2 Å². The summed E-state index contributed by atoms with van der Waals surface area (Å²) in [4.78, 5) is 18.1. The maximum absolute atomic E-state index is 4.68. The lowest BCUT2D eigenvalue weighted by Gasteiger charge is -2.02. The molecule has 0 aliphatic carbocycles. The van der Waals surface area contributed by atoms with E-state index in [-0.39, 0.29) is 0 Å². The monoisotopic (exact) mass is 321 g/mol. The van der Waals surface area contributed by atoms with E-state index in [0.717, 1.165) is 46.1 Å². The van der Waals surface area contributed by atoms with Gasteiger partial charge in [-0.1, -0.05) is 18.2 Å². The van der Waals surface area contributed by atoms with Gasteiger partial charge >= 0.3 is 0 Å². The van der Waals surface area contributed by atoms with E-state index in [1.165, 1.54) is 0 Å². The quantitative estimate of drug-likeness (QED) is 0.579. The van der Waals surface area contributed by atoms with E-state index >= 15 is 0 Å². The lowest BCUT2D eigenvalue weighted by atomic mass is 10.2. The van der Waals surface area contributed by atoms with Crippen LogP contribution in [0.25, 0.3) is 21.6 Å². The number of para-hydroxylation sites is 1. The van der Waals surface area contributed by atoms with Crippen LogP contribution in [0.15, 0.2) is 48.2 Å². The van der Waals surface area contributed by atoms with Gasteiger partial charge in [-0.2, -0.15) is 0 Å². The third-order valence-electron chi connectivity index (χ3n) is 3.74. The van der Waals surface area contributed by atoms with Crippen LogP contribution in [-0.2, 0) is 19.9 Å². The zero-order valence-electron chi connectivity index (χ0n) is 12.7. The summed E-state index contributed by atoms with van der Waals surface area (Å²) >= 11 is 1.60. The van der Waals surface area contributed by atoms with Gasteiger partial charge in [0.1, 0.15) is 22.4 Å². The van der Waals surface area contributed by atoms with Crippen LogP contribution in [-0.4, -0.2) is 24.5 Å². The first-order chi connectivity index (χ1) is 11.3. The number of rotatable bonds is 4. The summed E-state index contributed by atoms with van der Waals surface area (Å²) < 4.78 is 2.05. The molecule has 0 saturated carbocycles. The third kappa shape index (κ3) is 2.85. The highest BCUT2D eigenvalue weighted by Crippen LogP contribution is 2.21. The molecule has 1 aromatic carbocycles. The minimum absolute atomic E-state index is 0.771. The number of nitrogens with zero attached hydrogens (tertiary/aromatic N) is 5. The van der Waals surface area contributed by atoms with Crippen LogP contribution in [0.1, 0.15) is 11.6 Å². The first-order valence-electron chi connectivity index (χ1n) is 7.42. The Morgan fingerprint density at radius 3 is 2.87 bits per heavy atom. The highest BCUT2D eigenvalue weighted by molar-refractivity contribution is 7.13. The van der Waals surface area contributed by atoms with Crippen LogP contribution in [0, 0.1) is 0 Å². The molecule has 0 fully saturated rings. The van der Waals surface area contributed by atoms with Crippen molar-refractivity contribution < 1.29 is 0 Å². The first-order valence-corrected chi connectivity index (χ1v) is 8.30. The normalized spacial score (nSPS) is 11.2. The standard InChI is InChI=1S/C17H15N5S/c1-22-11-14(17-18-8-9-23-17)21-16(22)7-6-15-19-10-12-4-2-3-5-13(12)20-15/h2-5,8-11H,6-7H2,1H3. The summed E-state index contributed by atoms with van der Waals surface area (Å²) in [5.74, 6) is 1.87. The number of hydrogen-bond acceptors (Lipinski definition) is 5. The van der Waals surface area contributed by atoms with E-state index in [0.29, 0.717) is 0 Å². The molecule has 0 atom stereocenters. The lowest BCUT2D eigenvalue weighted by molar-refractivity contribution is 0.750.